The standard InChI is InChI=1S/C46H90N2O6.C28H54N2O6/c1-5-8-11-14-17-20-23-26-29-32-41-52-44(49)35-38-47(4)48(39-36-45(50)53-42-33-30-27-24-21-18-15-12-9-6-2)40-37-46(51)54-43-34-31-28-25-22-19-16-13-10-7-3;1-5-8-11-14-23-34-26(31)17-20-29(4)30(21-18-27(32)35-24-15-12-9-6-2)22-19-28(33)36-25-16-13-10-7-3/h5-43H2,1-4H3;5-25H2,1-4H3. The van der Waals surface area contributed by atoms with E-state index in [2.05, 4.69) is 41.5 Å². The molecule has 0 atom stereocenters. The molecular formula is C74H144N4O12. The van der Waals surface area contributed by atoms with Crippen molar-refractivity contribution >= 4 is 35.8 Å². The van der Waals surface area contributed by atoms with Crippen LogP contribution in [0.4, 0.5) is 0 Å². The molecule has 0 bridgehead atoms. The van der Waals surface area contributed by atoms with Crippen LogP contribution in [0.25, 0.3) is 0 Å². The fraction of sp³-hybridized carbons (Fsp3) is 0.919. The number of esters is 6. The first kappa shape index (κ1) is 88.7. The van der Waals surface area contributed by atoms with Crippen LogP contribution in [0.5, 0.6) is 0 Å². The molecule has 0 aliphatic heterocycles. The molecule has 0 amide bonds. The molecule has 0 saturated heterocycles. The monoisotopic (exact) mass is 1280 g/mol. The normalized spacial score (nSPS) is 11.3. The summed E-state index contributed by atoms with van der Waals surface area (Å²) in [5.41, 5.74) is 0. The Bertz CT molecular complexity index is 1540. The highest BCUT2D eigenvalue weighted by Gasteiger charge is 2.20. The van der Waals surface area contributed by atoms with Crippen LogP contribution in [0.1, 0.15) is 350 Å². The number of hydrogen-bond acceptors (Lipinski definition) is 16. The summed E-state index contributed by atoms with van der Waals surface area (Å²) >= 11 is 0. The van der Waals surface area contributed by atoms with E-state index < -0.39 is 0 Å². The largest absolute Gasteiger partial charge is 0.466 e. The third-order valence-electron chi connectivity index (χ3n) is 16.6. The molecule has 532 valence electrons. The maximum Gasteiger partial charge on any atom is 0.307 e. The topological polar surface area (TPSA) is 171 Å². The molecule has 0 unspecified atom stereocenters. The van der Waals surface area contributed by atoms with E-state index in [1.165, 1.54) is 154 Å². The number of nitrogens with zero attached hydrogens (tertiary/aromatic N) is 4. The molecule has 16 nitrogen and oxygen atoms in total. The Balaban J connectivity index is 0. The molecule has 0 spiro atoms. The fourth-order valence-corrected chi connectivity index (χ4v) is 10.5. The summed E-state index contributed by atoms with van der Waals surface area (Å²) < 4.78 is 32.6. The average molecular weight is 1280 g/mol. The number of carbonyl (C=O) groups excluding carboxylic acids is 6. The summed E-state index contributed by atoms with van der Waals surface area (Å²) in [4.78, 5) is 74.2. The number of carbonyl (C=O) groups is 6. The maximum atomic E-state index is 12.6. The first-order valence-electron chi connectivity index (χ1n) is 37.7. The second kappa shape index (κ2) is 71.5. The predicted molar refractivity (Wildman–Crippen MR) is 370 cm³/mol. The first-order valence-corrected chi connectivity index (χ1v) is 37.7. The van der Waals surface area contributed by atoms with Crippen molar-refractivity contribution in [1.82, 2.24) is 20.0 Å². The van der Waals surface area contributed by atoms with Gasteiger partial charge in [0.1, 0.15) is 0 Å². The van der Waals surface area contributed by atoms with Crippen LogP contribution in [-0.4, -0.2) is 149 Å². The van der Waals surface area contributed by atoms with Gasteiger partial charge in [-0.05, 0) is 38.5 Å². The lowest BCUT2D eigenvalue weighted by Crippen LogP contribution is -2.43. The van der Waals surface area contributed by atoms with Gasteiger partial charge in [-0.1, -0.05) is 273 Å². The van der Waals surface area contributed by atoms with Gasteiger partial charge in [0.25, 0.3) is 0 Å². The van der Waals surface area contributed by atoms with Crippen LogP contribution < -0.4 is 0 Å². The van der Waals surface area contributed by atoms with Gasteiger partial charge in [0.15, 0.2) is 0 Å². The van der Waals surface area contributed by atoms with Crippen LogP contribution >= 0.6 is 0 Å². The van der Waals surface area contributed by atoms with E-state index in [4.69, 9.17) is 28.4 Å². The molecule has 0 heterocycles. The molecule has 0 N–H and O–H groups in total. The zero-order valence-electron chi connectivity index (χ0n) is 60.1. The Morgan fingerprint density at radius 1 is 0.200 bits per heavy atom. The molecule has 90 heavy (non-hydrogen) atoms. The summed E-state index contributed by atoms with van der Waals surface area (Å²) in [6.45, 7) is 18.5. The van der Waals surface area contributed by atoms with Crippen molar-refractivity contribution in [3.05, 3.63) is 0 Å². The van der Waals surface area contributed by atoms with E-state index in [9.17, 15) is 28.8 Å². The van der Waals surface area contributed by atoms with Gasteiger partial charge in [0.05, 0.1) is 78.2 Å². The Labute approximate surface area is 553 Å². The highest BCUT2D eigenvalue weighted by molar-refractivity contribution is 5.71. The molecular weight excluding hydrogens is 1140 g/mol. The van der Waals surface area contributed by atoms with E-state index in [0.29, 0.717) is 78.9 Å². The number of rotatable bonds is 68. The SMILES string of the molecule is CCCCCCCCCCCCOC(=O)CCN(C)N(CCC(=O)OCCCCCCCCCCCC)CCC(=O)OCCCCCCCCCCCC.CCCCCCOC(=O)CCN(C)N(CCC(=O)OCCCCCC)CCC(=O)OCCCCCC. The van der Waals surface area contributed by atoms with Crippen molar-refractivity contribution in [2.75, 3.05) is 93.0 Å². The van der Waals surface area contributed by atoms with Crippen molar-refractivity contribution in [3.8, 4) is 0 Å². The Kier molecular flexibility index (Phi) is 70.5. The number of unbranched alkanes of at least 4 members (excludes halogenated alkanes) is 36. The van der Waals surface area contributed by atoms with Crippen molar-refractivity contribution in [1.29, 1.82) is 0 Å². The van der Waals surface area contributed by atoms with Crippen LogP contribution in [0.3, 0.4) is 0 Å². The van der Waals surface area contributed by atoms with Gasteiger partial charge >= 0.3 is 35.8 Å². The second-order valence-corrected chi connectivity index (χ2v) is 25.2. The van der Waals surface area contributed by atoms with Gasteiger partial charge in [-0.25, -0.2) is 20.0 Å². The second-order valence-electron chi connectivity index (χ2n) is 25.2. The summed E-state index contributed by atoms with van der Waals surface area (Å²) in [6, 6.07) is 0. The molecule has 0 aromatic heterocycles. The predicted octanol–water partition coefficient (Wildman–Crippen LogP) is 18.4. The minimum atomic E-state index is -0.241. The minimum absolute atomic E-state index is 0.204. The summed E-state index contributed by atoms with van der Waals surface area (Å²) in [7, 11) is 3.76. The van der Waals surface area contributed by atoms with Crippen molar-refractivity contribution < 1.29 is 57.2 Å². The summed E-state index contributed by atoms with van der Waals surface area (Å²) in [5, 5.41) is 7.72. The number of hydrazine groups is 2. The van der Waals surface area contributed by atoms with Gasteiger partial charge in [0, 0.05) is 53.4 Å². The fourth-order valence-electron chi connectivity index (χ4n) is 10.5. The molecule has 0 radical (unpaired) electrons. The van der Waals surface area contributed by atoms with Crippen LogP contribution in [-0.2, 0) is 57.2 Å². The summed E-state index contributed by atoms with van der Waals surface area (Å²) in [5.74, 6) is -1.35. The lowest BCUT2D eigenvalue weighted by Gasteiger charge is -2.31. The van der Waals surface area contributed by atoms with E-state index in [0.717, 1.165) is 116 Å². The van der Waals surface area contributed by atoms with Crippen LogP contribution in [0.15, 0.2) is 0 Å². The quantitative estimate of drug-likeness (QED) is 0.0244. The van der Waals surface area contributed by atoms with Gasteiger partial charge in [-0.3, -0.25) is 28.8 Å². The van der Waals surface area contributed by atoms with Crippen LogP contribution in [0.2, 0.25) is 0 Å². The van der Waals surface area contributed by atoms with E-state index >= 15 is 0 Å². The Hall–Kier alpha value is -3.34. The van der Waals surface area contributed by atoms with Crippen molar-refractivity contribution in [3.63, 3.8) is 0 Å². The van der Waals surface area contributed by atoms with Crippen molar-refractivity contribution in [2.45, 2.75) is 350 Å². The highest BCUT2D eigenvalue weighted by Crippen LogP contribution is 2.15. The van der Waals surface area contributed by atoms with Gasteiger partial charge in [0.2, 0.25) is 0 Å². The van der Waals surface area contributed by atoms with Gasteiger partial charge < -0.3 is 28.4 Å². The Morgan fingerprint density at radius 2 is 0.333 bits per heavy atom. The van der Waals surface area contributed by atoms with Crippen molar-refractivity contribution in [2.24, 2.45) is 0 Å². The number of ether oxygens (including phenoxy) is 6. The molecule has 0 rings (SSSR count). The van der Waals surface area contributed by atoms with E-state index in [-0.39, 0.29) is 74.3 Å². The molecule has 0 aromatic carbocycles. The average Bonchev–Trinajstić information content (AvgIpc) is 3.00. The zero-order chi connectivity index (χ0) is 66.4. The lowest BCUT2D eigenvalue weighted by molar-refractivity contribution is -0.149. The smallest absolute Gasteiger partial charge is 0.307 e. The van der Waals surface area contributed by atoms with Gasteiger partial charge in [-0.2, -0.15) is 0 Å². The molecule has 0 aromatic rings. The minimum Gasteiger partial charge on any atom is -0.466 e. The third kappa shape index (κ3) is 66.1. The maximum absolute atomic E-state index is 12.6. The van der Waals surface area contributed by atoms with Crippen LogP contribution in [0, 0.1) is 0 Å². The summed E-state index contributed by atoms with van der Waals surface area (Å²) in [6.07, 6.45) is 51.5. The molecule has 0 fully saturated rings. The van der Waals surface area contributed by atoms with Gasteiger partial charge in [-0.15, -0.1) is 0 Å². The zero-order valence-corrected chi connectivity index (χ0v) is 60.1. The lowest BCUT2D eigenvalue weighted by atomic mass is 10.1. The molecule has 0 aliphatic rings. The molecule has 16 heteroatoms. The Morgan fingerprint density at radius 3 is 0.500 bits per heavy atom. The molecule has 0 saturated carbocycles. The highest BCUT2D eigenvalue weighted by atomic mass is 16.6. The third-order valence-corrected chi connectivity index (χ3v) is 16.6. The van der Waals surface area contributed by atoms with E-state index in [1.54, 1.807) is 0 Å². The molecule has 0 aliphatic carbocycles. The number of hydrogen-bond donors (Lipinski definition) is 0. The first-order chi connectivity index (χ1) is 43.9. The van der Waals surface area contributed by atoms with E-state index in [1.807, 2.05) is 34.1 Å².